The summed E-state index contributed by atoms with van der Waals surface area (Å²) < 4.78 is 38.6. The van der Waals surface area contributed by atoms with Gasteiger partial charge < -0.3 is 9.47 Å². The lowest BCUT2D eigenvalue weighted by Crippen LogP contribution is -2.26. The van der Waals surface area contributed by atoms with Gasteiger partial charge in [-0.1, -0.05) is 23.8 Å². The summed E-state index contributed by atoms with van der Waals surface area (Å²) in [4.78, 5) is 0.286. The zero-order chi connectivity index (χ0) is 17.4. The van der Waals surface area contributed by atoms with Gasteiger partial charge in [-0.05, 0) is 49.2 Å². The fourth-order valence-electron chi connectivity index (χ4n) is 3.10. The van der Waals surface area contributed by atoms with Gasteiger partial charge in [-0.15, -0.1) is 0 Å². The highest BCUT2D eigenvalue weighted by molar-refractivity contribution is 7.89. The maximum Gasteiger partial charge on any atom is 0.240 e. The van der Waals surface area contributed by atoms with Gasteiger partial charge in [-0.25, -0.2) is 13.1 Å². The van der Waals surface area contributed by atoms with E-state index in [4.69, 9.17) is 9.47 Å². The van der Waals surface area contributed by atoms with Crippen molar-refractivity contribution in [2.45, 2.75) is 30.4 Å². The Balaban J connectivity index is 1.41. The van der Waals surface area contributed by atoms with Crippen molar-refractivity contribution in [2.75, 3.05) is 6.54 Å². The van der Waals surface area contributed by atoms with Crippen LogP contribution in [0.4, 0.5) is 0 Å². The Morgan fingerprint density at radius 1 is 1.12 bits per heavy atom. The highest BCUT2D eigenvalue weighted by Crippen LogP contribution is 2.42. The van der Waals surface area contributed by atoms with Crippen LogP contribution in [0.1, 0.15) is 22.8 Å². The number of rotatable bonds is 5. The van der Waals surface area contributed by atoms with Crippen molar-refractivity contribution < 1.29 is 17.9 Å². The van der Waals surface area contributed by atoms with Crippen molar-refractivity contribution in [3.63, 3.8) is 0 Å². The molecule has 0 aliphatic carbocycles. The summed E-state index contributed by atoms with van der Waals surface area (Å²) in [6.07, 6.45) is 4.04. The van der Waals surface area contributed by atoms with Gasteiger partial charge in [-0.3, -0.25) is 0 Å². The molecular weight excluding hydrogens is 338 g/mol. The van der Waals surface area contributed by atoms with Gasteiger partial charge in [-0.2, -0.15) is 0 Å². The zero-order valence-corrected chi connectivity index (χ0v) is 14.6. The Kier molecular flexibility index (Phi) is 4.01. The molecule has 1 N–H and O–H groups in total. The molecule has 0 amide bonds. The van der Waals surface area contributed by atoms with Crippen molar-refractivity contribution in [3.05, 3.63) is 71.5 Å². The van der Waals surface area contributed by atoms with Crippen LogP contribution >= 0.6 is 0 Å². The number of hydrogen-bond acceptors (Lipinski definition) is 4. The lowest BCUT2D eigenvalue weighted by atomic mass is 10.0. The van der Waals surface area contributed by atoms with Crippen LogP contribution in [-0.2, 0) is 21.2 Å². The number of sulfonamides is 1. The molecule has 2 aliphatic rings. The first-order valence-corrected chi connectivity index (χ1v) is 9.69. The molecule has 4 rings (SSSR count). The SMILES string of the molecule is Cc1ccc(S(=O)(=O)NCCc2ccc3c(c2)[C@H]2OC=C[C@H]2O3)cc1. The Hall–Kier alpha value is -2.31. The van der Waals surface area contributed by atoms with Crippen molar-refractivity contribution in [3.8, 4) is 5.75 Å². The molecule has 25 heavy (non-hydrogen) atoms. The number of nitrogens with one attached hydrogen (secondary N) is 1. The molecule has 0 aromatic heterocycles. The third-order valence-corrected chi connectivity index (χ3v) is 5.95. The van der Waals surface area contributed by atoms with Gasteiger partial charge in [0.1, 0.15) is 5.75 Å². The van der Waals surface area contributed by atoms with Crippen molar-refractivity contribution >= 4 is 10.0 Å². The number of ether oxygens (including phenoxy) is 2. The summed E-state index contributed by atoms with van der Waals surface area (Å²) in [5.74, 6) is 0.836. The first kappa shape index (κ1) is 16.2. The third kappa shape index (κ3) is 3.15. The largest absolute Gasteiger partial charge is 0.489 e. The molecule has 2 aliphatic heterocycles. The lowest BCUT2D eigenvalue weighted by molar-refractivity contribution is 0.109. The molecule has 5 nitrogen and oxygen atoms in total. The fraction of sp³-hybridized carbons (Fsp3) is 0.263. The molecule has 0 spiro atoms. The van der Waals surface area contributed by atoms with E-state index in [0.717, 1.165) is 22.4 Å². The average molecular weight is 357 g/mol. The van der Waals surface area contributed by atoms with Crippen LogP contribution in [0.5, 0.6) is 5.75 Å². The van der Waals surface area contributed by atoms with E-state index in [1.54, 1.807) is 30.5 Å². The molecule has 0 saturated carbocycles. The molecule has 0 saturated heterocycles. The highest BCUT2D eigenvalue weighted by atomic mass is 32.2. The van der Waals surface area contributed by atoms with Crippen LogP contribution in [0.15, 0.2) is 59.7 Å². The second-order valence-electron chi connectivity index (χ2n) is 6.30. The summed E-state index contributed by atoms with van der Waals surface area (Å²) in [5.41, 5.74) is 3.10. The molecule has 2 atom stereocenters. The molecule has 130 valence electrons. The monoisotopic (exact) mass is 357 g/mol. The van der Waals surface area contributed by atoms with Crippen LogP contribution in [0.2, 0.25) is 0 Å². The molecule has 0 unspecified atom stereocenters. The van der Waals surface area contributed by atoms with E-state index in [1.807, 2.05) is 31.2 Å². The summed E-state index contributed by atoms with van der Waals surface area (Å²) in [7, 11) is -3.48. The van der Waals surface area contributed by atoms with E-state index in [9.17, 15) is 8.42 Å². The van der Waals surface area contributed by atoms with Crippen LogP contribution in [0.25, 0.3) is 0 Å². The van der Waals surface area contributed by atoms with Gasteiger partial charge in [0.25, 0.3) is 0 Å². The lowest BCUT2D eigenvalue weighted by Gasteiger charge is -2.10. The van der Waals surface area contributed by atoms with Crippen LogP contribution in [-0.4, -0.2) is 21.1 Å². The van der Waals surface area contributed by atoms with Crippen molar-refractivity contribution in [2.24, 2.45) is 0 Å². The molecule has 2 aromatic rings. The quantitative estimate of drug-likeness (QED) is 0.894. The Labute approximate surface area is 147 Å². The minimum Gasteiger partial charge on any atom is -0.489 e. The molecule has 0 bridgehead atoms. The van der Waals surface area contributed by atoms with Crippen molar-refractivity contribution in [1.29, 1.82) is 0 Å². The molecule has 0 fully saturated rings. The molecule has 6 heteroatoms. The summed E-state index contributed by atoms with van der Waals surface area (Å²) in [5, 5.41) is 0. The van der Waals surface area contributed by atoms with Crippen LogP contribution in [0, 0.1) is 6.92 Å². The topological polar surface area (TPSA) is 64.6 Å². The summed E-state index contributed by atoms with van der Waals surface area (Å²) in [6.45, 7) is 2.26. The smallest absolute Gasteiger partial charge is 0.240 e. The predicted octanol–water partition coefficient (Wildman–Crippen LogP) is 2.86. The first-order chi connectivity index (χ1) is 12.0. The van der Waals surface area contributed by atoms with Gasteiger partial charge in [0, 0.05) is 12.1 Å². The maximum atomic E-state index is 12.3. The normalized spacial score (nSPS) is 20.7. The van der Waals surface area contributed by atoms with E-state index in [0.29, 0.717) is 13.0 Å². The average Bonchev–Trinajstić information content (AvgIpc) is 3.16. The zero-order valence-electron chi connectivity index (χ0n) is 13.8. The third-order valence-electron chi connectivity index (χ3n) is 4.47. The van der Waals surface area contributed by atoms with Gasteiger partial charge >= 0.3 is 0 Å². The second kappa shape index (κ2) is 6.20. The van der Waals surface area contributed by atoms with E-state index >= 15 is 0 Å². The first-order valence-electron chi connectivity index (χ1n) is 8.21. The standard InChI is InChI=1S/C19H19NO4S/c1-13-2-5-15(6-3-13)25(21,22)20-10-8-14-4-7-17-16(12-14)19-18(24-17)9-11-23-19/h2-7,9,11-12,18-20H,8,10H2,1H3/t18-,19-/m1/s1. The molecular formula is C19H19NO4S. The molecule has 0 radical (unpaired) electrons. The number of benzene rings is 2. The minimum absolute atomic E-state index is 0.0507. The maximum absolute atomic E-state index is 12.3. The van der Waals surface area contributed by atoms with Crippen LogP contribution in [0.3, 0.4) is 0 Å². The van der Waals surface area contributed by atoms with Gasteiger partial charge in [0.05, 0.1) is 11.2 Å². The predicted molar refractivity (Wildman–Crippen MR) is 93.9 cm³/mol. The minimum atomic E-state index is -3.48. The van der Waals surface area contributed by atoms with Crippen LogP contribution < -0.4 is 9.46 Å². The van der Waals surface area contributed by atoms with Gasteiger partial charge in [0.15, 0.2) is 12.2 Å². The Morgan fingerprint density at radius 2 is 1.92 bits per heavy atom. The summed E-state index contributed by atoms with van der Waals surface area (Å²) >= 11 is 0. The number of fused-ring (bicyclic) bond motifs is 3. The summed E-state index contributed by atoms with van der Waals surface area (Å²) in [6, 6.07) is 12.7. The Bertz CT molecular complexity index is 919. The highest BCUT2D eigenvalue weighted by Gasteiger charge is 2.37. The molecule has 2 heterocycles. The van der Waals surface area contributed by atoms with Gasteiger partial charge in [0.2, 0.25) is 10.0 Å². The number of hydrogen-bond donors (Lipinski definition) is 1. The molecule has 2 aromatic carbocycles. The number of aryl methyl sites for hydroxylation is 1. The van der Waals surface area contributed by atoms with Crippen molar-refractivity contribution in [1.82, 2.24) is 4.72 Å². The van der Waals surface area contributed by atoms with E-state index < -0.39 is 10.0 Å². The second-order valence-corrected chi connectivity index (χ2v) is 8.07. The fourth-order valence-corrected chi connectivity index (χ4v) is 4.13. The van der Waals surface area contributed by atoms with E-state index in [1.165, 1.54) is 0 Å². The van der Waals surface area contributed by atoms with E-state index in [-0.39, 0.29) is 17.1 Å². The Morgan fingerprint density at radius 3 is 2.72 bits per heavy atom. The van der Waals surface area contributed by atoms with E-state index in [2.05, 4.69) is 4.72 Å².